The molecule has 0 saturated carbocycles. The number of hydrogen-bond acceptors (Lipinski definition) is 6. The molecule has 0 aromatic carbocycles. The van der Waals surface area contributed by atoms with Gasteiger partial charge in [-0.05, 0) is 64.2 Å². The predicted octanol–water partition coefficient (Wildman–Crippen LogP) is 18.4. The van der Waals surface area contributed by atoms with Gasteiger partial charge < -0.3 is 14.2 Å². The molecule has 0 saturated heterocycles. The van der Waals surface area contributed by atoms with Gasteiger partial charge in [0.05, 0.1) is 0 Å². The normalized spacial score (nSPS) is 12.7. The van der Waals surface area contributed by atoms with Crippen molar-refractivity contribution in [3.63, 3.8) is 0 Å². The van der Waals surface area contributed by atoms with E-state index in [1.54, 1.807) is 0 Å². The lowest BCUT2D eigenvalue weighted by Crippen LogP contribution is -2.30. The predicted molar refractivity (Wildman–Crippen MR) is 284 cm³/mol. The topological polar surface area (TPSA) is 78.9 Å². The van der Waals surface area contributed by atoms with Crippen molar-refractivity contribution in [2.24, 2.45) is 0 Å². The van der Waals surface area contributed by atoms with Crippen LogP contribution in [0.1, 0.15) is 258 Å². The van der Waals surface area contributed by atoms with Gasteiger partial charge in [0.15, 0.2) is 6.10 Å². The fraction of sp³-hybridized carbons (Fsp3) is 0.717. The minimum atomic E-state index is -0.808. The summed E-state index contributed by atoms with van der Waals surface area (Å²) >= 11 is 0. The lowest BCUT2D eigenvalue weighted by molar-refractivity contribution is -0.167. The fourth-order valence-corrected chi connectivity index (χ4v) is 7.62. The summed E-state index contributed by atoms with van der Waals surface area (Å²) in [4.78, 5) is 38.0. The van der Waals surface area contributed by atoms with Gasteiger partial charge in [-0.1, -0.05) is 260 Å². The number of hydrogen-bond donors (Lipinski definition) is 0. The van der Waals surface area contributed by atoms with Gasteiger partial charge in [0.1, 0.15) is 13.2 Å². The maximum absolute atomic E-state index is 12.8. The number of carbonyl (C=O) groups excluding carboxylic acids is 3. The van der Waals surface area contributed by atoms with E-state index in [-0.39, 0.29) is 37.5 Å². The molecule has 0 radical (unpaired) electrons. The monoisotopic (exact) mass is 919 g/mol. The number of esters is 3. The molecule has 0 rings (SSSR count). The van der Waals surface area contributed by atoms with Crippen LogP contribution in [0.3, 0.4) is 0 Å². The van der Waals surface area contributed by atoms with Gasteiger partial charge in [-0.3, -0.25) is 14.4 Å². The van der Waals surface area contributed by atoms with Crippen LogP contribution in [0.4, 0.5) is 0 Å². The number of carbonyl (C=O) groups is 3. The Morgan fingerprint density at radius 1 is 0.333 bits per heavy atom. The van der Waals surface area contributed by atoms with Gasteiger partial charge in [-0.15, -0.1) is 0 Å². The molecule has 66 heavy (non-hydrogen) atoms. The second-order valence-electron chi connectivity index (χ2n) is 18.2. The molecule has 0 aliphatic heterocycles. The van der Waals surface area contributed by atoms with E-state index in [4.69, 9.17) is 14.2 Å². The molecule has 6 heteroatoms. The van der Waals surface area contributed by atoms with Gasteiger partial charge >= 0.3 is 17.9 Å². The maximum Gasteiger partial charge on any atom is 0.306 e. The highest BCUT2D eigenvalue weighted by Crippen LogP contribution is 2.16. The molecule has 1 atom stereocenters. The summed E-state index contributed by atoms with van der Waals surface area (Å²) < 4.78 is 16.8. The Balaban J connectivity index is 4.44. The number of allylic oxidation sites excluding steroid dienone is 14. The van der Waals surface area contributed by atoms with Gasteiger partial charge in [-0.2, -0.15) is 0 Å². The molecule has 0 fully saturated rings. The average molecular weight is 919 g/mol. The highest BCUT2D eigenvalue weighted by atomic mass is 16.6. The molecule has 0 N–H and O–H groups in total. The van der Waals surface area contributed by atoms with E-state index in [2.05, 4.69) is 51.2 Å². The Labute approximate surface area is 407 Å². The lowest BCUT2D eigenvalue weighted by Gasteiger charge is -2.18. The van der Waals surface area contributed by atoms with Crippen LogP contribution in [0.15, 0.2) is 85.1 Å². The van der Waals surface area contributed by atoms with Crippen LogP contribution in [-0.2, 0) is 28.6 Å². The first-order valence-electron chi connectivity index (χ1n) is 27.7. The standard InChI is InChI=1S/C60H102O6/c1-4-7-10-13-16-19-22-25-27-29-31-32-35-38-41-44-47-50-53-59(62)65-56-57(55-64-58(61)52-49-46-43-40-37-34-24-21-18-15-12-9-6-3)66-60(63)54-51-48-45-42-39-36-33-30-28-26-23-20-17-14-11-8-5-2/h9,12,15,17-18,20-21,24,26,28,34,37,40,43,57H,4-8,10-11,13-14,16,19,22-23,25,27,29-33,35-36,38-39,41-42,44-56H2,1-3H3/b12-9-,18-15-,20-17-,24-21-,28-26-,37-34-,43-40-. The van der Waals surface area contributed by atoms with Crippen molar-refractivity contribution in [1.82, 2.24) is 0 Å². The summed E-state index contributed by atoms with van der Waals surface area (Å²) in [5, 5.41) is 0. The van der Waals surface area contributed by atoms with Crippen molar-refractivity contribution in [2.45, 2.75) is 264 Å². The Kier molecular flexibility index (Phi) is 51.4. The van der Waals surface area contributed by atoms with Gasteiger partial charge in [0, 0.05) is 19.3 Å². The minimum absolute atomic E-state index is 0.101. The second kappa shape index (κ2) is 54.2. The molecule has 0 aliphatic carbocycles. The summed E-state index contributed by atoms with van der Waals surface area (Å²) in [6.07, 6.45) is 70.1. The van der Waals surface area contributed by atoms with Crippen LogP contribution in [0.2, 0.25) is 0 Å². The van der Waals surface area contributed by atoms with Gasteiger partial charge in [-0.25, -0.2) is 0 Å². The zero-order chi connectivity index (χ0) is 47.9. The highest BCUT2D eigenvalue weighted by Gasteiger charge is 2.19. The van der Waals surface area contributed by atoms with Crippen molar-refractivity contribution in [2.75, 3.05) is 13.2 Å². The van der Waals surface area contributed by atoms with Crippen molar-refractivity contribution < 1.29 is 28.6 Å². The zero-order valence-corrected chi connectivity index (χ0v) is 43.2. The second-order valence-corrected chi connectivity index (χ2v) is 18.2. The summed E-state index contributed by atoms with van der Waals surface area (Å²) in [5.74, 6) is -0.981. The number of unbranched alkanes of at least 4 members (excludes halogenated alkanes) is 28. The van der Waals surface area contributed by atoms with Crippen molar-refractivity contribution in [3.8, 4) is 0 Å². The van der Waals surface area contributed by atoms with Crippen LogP contribution in [-0.4, -0.2) is 37.2 Å². The summed E-state index contributed by atoms with van der Waals surface area (Å²) in [6, 6.07) is 0. The molecule has 0 heterocycles. The van der Waals surface area contributed by atoms with E-state index in [0.717, 1.165) is 64.2 Å². The molecule has 0 spiro atoms. The molecule has 378 valence electrons. The van der Waals surface area contributed by atoms with Crippen molar-refractivity contribution in [1.29, 1.82) is 0 Å². The van der Waals surface area contributed by atoms with E-state index >= 15 is 0 Å². The first-order valence-corrected chi connectivity index (χ1v) is 27.7. The average Bonchev–Trinajstić information content (AvgIpc) is 3.31. The zero-order valence-electron chi connectivity index (χ0n) is 43.2. The molecule has 6 nitrogen and oxygen atoms in total. The third-order valence-electron chi connectivity index (χ3n) is 11.8. The number of ether oxygens (including phenoxy) is 3. The van der Waals surface area contributed by atoms with Gasteiger partial charge in [0.2, 0.25) is 0 Å². The van der Waals surface area contributed by atoms with Crippen LogP contribution >= 0.6 is 0 Å². The highest BCUT2D eigenvalue weighted by molar-refractivity contribution is 5.71. The molecule has 0 aromatic rings. The first-order chi connectivity index (χ1) is 32.5. The van der Waals surface area contributed by atoms with Gasteiger partial charge in [0.25, 0.3) is 0 Å². The third-order valence-corrected chi connectivity index (χ3v) is 11.8. The SMILES string of the molecule is CC\C=C/C=C\C=C/C=C\C=C/CCCC(=O)OCC(COC(=O)CCCCCCCCCCCCCCCCCCCC)OC(=O)CCCCCCCCC/C=C\C/C=C\CCCCC. The molecular formula is C60H102O6. The smallest absolute Gasteiger partial charge is 0.306 e. The van der Waals surface area contributed by atoms with E-state index in [0.29, 0.717) is 19.3 Å². The van der Waals surface area contributed by atoms with E-state index in [1.165, 1.54) is 148 Å². The summed E-state index contributed by atoms with van der Waals surface area (Å²) in [7, 11) is 0. The molecule has 0 bridgehead atoms. The molecule has 1 unspecified atom stereocenters. The Hall–Kier alpha value is -3.41. The first kappa shape index (κ1) is 62.6. The van der Waals surface area contributed by atoms with Crippen LogP contribution in [0.25, 0.3) is 0 Å². The fourth-order valence-electron chi connectivity index (χ4n) is 7.62. The Bertz CT molecular complexity index is 1290. The molecular weight excluding hydrogens is 817 g/mol. The molecule has 0 aliphatic rings. The van der Waals surface area contributed by atoms with Crippen LogP contribution in [0, 0.1) is 0 Å². The Morgan fingerprint density at radius 3 is 1.12 bits per heavy atom. The third kappa shape index (κ3) is 51.6. The van der Waals surface area contributed by atoms with Crippen LogP contribution in [0.5, 0.6) is 0 Å². The molecule has 0 aromatic heterocycles. The maximum atomic E-state index is 12.8. The number of rotatable bonds is 49. The van der Waals surface area contributed by atoms with Crippen molar-refractivity contribution in [3.05, 3.63) is 85.1 Å². The summed E-state index contributed by atoms with van der Waals surface area (Å²) in [6.45, 7) is 6.42. The lowest BCUT2D eigenvalue weighted by atomic mass is 10.0. The Morgan fingerprint density at radius 2 is 0.667 bits per heavy atom. The van der Waals surface area contributed by atoms with E-state index in [1.807, 2.05) is 54.7 Å². The van der Waals surface area contributed by atoms with E-state index < -0.39 is 6.10 Å². The van der Waals surface area contributed by atoms with Crippen molar-refractivity contribution >= 4 is 17.9 Å². The molecule has 0 amide bonds. The van der Waals surface area contributed by atoms with E-state index in [9.17, 15) is 14.4 Å². The summed E-state index contributed by atoms with van der Waals surface area (Å²) in [5.41, 5.74) is 0. The quantitative estimate of drug-likeness (QED) is 0.0199. The minimum Gasteiger partial charge on any atom is -0.462 e. The van der Waals surface area contributed by atoms with Crippen LogP contribution < -0.4 is 0 Å². The largest absolute Gasteiger partial charge is 0.462 e.